The summed E-state index contributed by atoms with van der Waals surface area (Å²) in [6.45, 7) is 0.296. The molecule has 0 spiro atoms. The zero-order valence-electron chi connectivity index (χ0n) is 16.1. The van der Waals surface area contributed by atoms with Crippen LogP contribution in [0.5, 0.6) is 0 Å². The molecule has 1 amide bonds. The maximum atomic E-state index is 12.7. The van der Waals surface area contributed by atoms with E-state index in [0.29, 0.717) is 22.6 Å². The van der Waals surface area contributed by atoms with E-state index in [0.717, 1.165) is 32.4 Å². The van der Waals surface area contributed by atoms with Crippen LogP contribution in [0.25, 0.3) is 17.1 Å². The Bertz CT molecular complexity index is 1010. The van der Waals surface area contributed by atoms with Crippen LogP contribution in [0, 0.1) is 0 Å². The number of carbonyl (C=O) groups is 1. The number of nitrogen functional groups attached to an aromatic ring is 1. The van der Waals surface area contributed by atoms with Crippen LogP contribution in [0.1, 0.15) is 29.6 Å². The second-order valence-electron chi connectivity index (χ2n) is 7.20. The lowest BCUT2D eigenvalue weighted by atomic mass is 10.1. The number of amides is 1. The quantitative estimate of drug-likeness (QED) is 0.676. The number of anilines is 2. The smallest absolute Gasteiger partial charge is 0.369 e. The number of alkyl halides is 3. The van der Waals surface area contributed by atoms with Gasteiger partial charge < -0.3 is 16.0 Å². The number of hydrogen-bond donors (Lipinski definition) is 2. The lowest BCUT2D eigenvalue weighted by Crippen LogP contribution is -2.35. The number of likely N-dealkylation sites (tertiary alicyclic amines) is 1. The van der Waals surface area contributed by atoms with Gasteiger partial charge in [-0.2, -0.15) is 18.2 Å². The van der Waals surface area contributed by atoms with Crippen LogP contribution in [0.2, 0.25) is 0 Å². The van der Waals surface area contributed by atoms with Gasteiger partial charge in [-0.3, -0.25) is 9.36 Å². The molecule has 0 radical (unpaired) electrons. The molecule has 1 saturated heterocycles. The Morgan fingerprint density at radius 2 is 1.80 bits per heavy atom. The molecular weight excluding hydrogens is 397 g/mol. The molecular formula is C20H21F3N6O. The molecule has 158 valence electrons. The summed E-state index contributed by atoms with van der Waals surface area (Å²) in [5, 5.41) is 2.27. The van der Waals surface area contributed by atoms with Crippen LogP contribution >= 0.6 is 0 Å². The number of halogens is 3. The third kappa shape index (κ3) is 4.03. The molecule has 3 aliphatic heterocycles. The fraction of sp³-hybridized carbons (Fsp3) is 0.350. The maximum absolute atomic E-state index is 12.7. The molecule has 4 rings (SSSR count). The number of rotatable bonds is 4. The van der Waals surface area contributed by atoms with Crippen molar-refractivity contribution in [2.45, 2.75) is 25.4 Å². The molecule has 1 aromatic carbocycles. The van der Waals surface area contributed by atoms with Gasteiger partial charge in [-0.1, -0.05) is 0 Å². The number of hydrogen-bond acceptors (Lipinski definition) is 5. The molecule has 30 heavy (non-hydrogen) atoms. The lowest BCUT2D eigenvalue weighted by Gasteiger charge is -2.26. The largest absolute Gasteiger partial charge is 0.405 e. The Labute approximate surface area is 171 Å². The van der Waals surface area contributed by atoms with Crippen molar-refractivity contribution in [2.75, 3.05) is 30.7 Å². The first-order chi connectivity index (χ1) is 14.3. The van der Waals surface area contributed by atoms with Crippen LogP contribution in [-0.4, -0.2) is 51.2 Å². The molecule has 0 atom stereocenters. The monoisotopic (exact) mass is 418 g/mol. The summed E-state index contributed by atoms with van der Waals surface area (Å²) in [6, 6.07) is 8.45. The zero-order valence-corrected chi connectivity index (χ0v) is 16.1. The number of nitrogens with one attached hydrogen (secondary N) is 1. The van der Waals surface area contributed by atoms with E-state index in [9.17, 15) is 18.0 Å². The molecule has 10 heteroatoms. The van der Waals surface area contributed by atoms with Crippen molar-refractivity contribution in [3.63, 3.8) is 0 Å². The highest BCUT2D eigenvalue weighted by molar-refractivity contribution is 5.94. The van der Waals surface area contributed by atoms with Crippen molar-refractivity contribution in [3.8, 4) is 17.1 Å². The molecule has 1 fully saturated rings. The third-order valence-corrected chi connectivity index (χ3v) is 5.07. The molecule has 1 aromatic rings. The van der Waals surface area contributed by atoms with Gasteiger partial charge in [0.05, 0.1) is 11.3 Å². The van der Waals surface area contributed by atoms with Crippen LogP contribution < -0.4 is 11.1 Å². The minimum atomic E-state index is -4.38. The van der Waals surface area contributed by atoms with E-state index in [1.807, 2.05) is 4.90 Å². The molecule has 3 N–H and O–H groups in total. The molecule has 3 heterocycles. The van der Waals surface area contributed by atoms with Gasteiger partial charge >= 0.3 is 6.18 Å². The summed E-state index contributed by atoms with van der Waals surface area (Å²) in [4.78, 5) is 22.8. The molecule has 7 nitrogen and oxygen atoms in total. The number of fused-ring (bicyclic) bond motifs is 1. The minimum absolute atomic E-state index is 0.0130. The van der Waals surface area contributed by atoms with Gasteiger partial charge in [0.15, 0.2) is 5.82 Å². The summed E-state index contributed by atoms with van der Waals surface area (Å²) in [5.41, 5.74) is 7.65. The predicted octanol–water partition coefficient (Wildman–Crippen LogP) is 3.55. The topological polar surface area (TPSA) is 89.1 Å². The zero-order chi connectivity index (χ0) is 21.3. The minimum Gasteiger partial charge on any atom is -0.369 e. The van der Waals surface area contributed by atoms with Gasteiger partial charge in [-0.25, -0.2) is 4.98 Å². The number of piperidine rings is 1. The highest BCUT2D eigenvalue weighted by atomic mass is 19.4. The molecule has 3 aliphatic rings. The van der Waals surface area contributed by atoms with E-state index in [4.69, 9.17) is 5.73 Å². The highest BCUT2D eigenvalue weighted by Crippen LogP contribution is 2.32. The lowest BCUT2D eigenvalue weighted by molar-refractivity contribution is -0.115. The third-order valence-electron chi connectivity index (χ3n) is 5.07. The first kappa shape index (κ1) is 20.0. The highest BCUT2D eigenvalue weighted by Gasteiger charge is 2.28. The normalized spacial score (nSPS) is 14.8. The molecule has 0 unspecified atom stereocenters. The number of nitrogens with two attached hydrogens (primary N) is 1. The maximum Gasteiger partial charge on any atom is 0.405 e. The Hall–Kier alpha value is -3.30. The van der Waals surface area contributed by atoms with Gasteiger partial charge in [0.1, 0.15) is 12.4 Å². The average Bonchev–Trinajstić information content (AvgIpc) is 3.21. The van der Waals surface area contributed by atoms with Gasteiger partial charge in [0.2, 0.25) is 5.95 Å². The molecule has 0 aliphatic carbocycles. The Morgan fingerprint density at radius 3 is 2.47 bits per heavy atom. The van der Waals surface area contributed by atoms with Gasteiger partial charge in [-0.15, -0.1) is 0 Å². The average molecular weight is 418 g/mol. The van der Waals surface area contributed by atoms with Crippen LogP contribution in [0.4, 0.5) is 24.9 Å². The number of carbonyl (C=O) groups excluding carboxylic acids is 1. The van der Waals surface area contributed by atoms with Crippen LogP contribution in [0.15, 0.2) is 36.5 Å². The Kier molecular flexibility index (Phi) is 5.23. The van der Waals surface area contributed by atoms with Gasteiger partial charge in [0, 0.05) is 24.8 Å². The van der Waals surface area contributed by atoms with Crippen molar-refractivity contribution in [1.29, 1.82) is 0 Å². The number of aromatic nitrogens is 3. The fourth-order valence-electron chi connectivity index (χ4n) is 3.63. The fourth-order valence-corrected chi connectivity index (χ4v) is 3.63. The second-order valence-corrected chi connectivity index (χ2v) is 7.20. The van der Waals surface area contributed by atoms with Crippen molar-refractivity contribution in [2.24, 2.45) is 0 Å². The summed E-state index contributed by atoms with van der Waals surface area (Å²) >= 11 is 0. The molecule has 0 saturated carbocycles. The summed E-state index contributed by atoms with van der Waals surface area (Å²) in [6.07, 6.45) is 0.261. The summed E-state index contributed by atoms with van der Waals surface area (Å²) in [7, 11) is 0. The van der Waals surface area contributed by atoms with Crippen molar-refractivity contribution in [1.82, 2.24) is 19.4 Å². The van der Waals surface area contributed by atoms with E-state index in [1.165, 1.54) is 6.20 Å². The van der Waals surface area contributed by atoms with E-state index in [1.54, 1.807) is 34.9 Å². The van der Waals surface area contributed by atoms with E-state index in [-0.39, 0.29) is 17.7 Å². The first-order valence-electron chi connectivity index (χ1n) is 9.67. The number of nitrogens with zero attached hydrogens (tertiary/aromatic N) is 4. The van der Waals surface area contributed by atoms with Crippen LogP contribution in [-0.2, 0) is 0 Å². The van der Waals surface area contributed by atoms with Crippen molar-refractivity contribution in [3.05, 3.63) is 42.1 Å². The Balaban J connectivity index is 1.62. The van der Waals surface area contributed by atoms with Crippen molar-refractivity contribution < 1.29 is 18.0 Å². The summed E-state index contributed by atoms with van der Waals surface area (Å²) < 4.78 is 39.3. The Morgan fingerprint density at radius 1 is 1.10 bits per heavy atom. The SMILES string of the molecule is Nc1nc(NCC(F)(F)F)c2ccnc-2n1-c1ccc(C(=O)N2CCCCC2)cc1. The molecule has 0 aromatic heterocycles. The summed E-state index contributed by atoms with van der Waals surface area (Å²) in [5.74, 6) is 0.370. The van der Waals surface area contributed by atoms with E-state index < -0.39 is 12.7 Å². The van der Waals surface area contributed by atoms with Crippen LogP contribution in [0.3, 0.4) is 0 Å². The standard InChI is InChI=1S/C20H21F3N6O/c21-20(22,23)12-26-16-15-8-9-25-17(15)29(19(24)27-16)14-6-4-13(5-7-14)18(30)28-10-2-1-3-11-28/h4-9,26H,1-3,10-12H2,(H2,24,27). The van der Waals surface area contributed by atoms with Gasteiger partial charge in [0.25, 0.3) is 5.91 Å². The number of benzene rings is 1. The predicted molar refractivity (Wildman–Crippen MR) is 107 cm³/mol. The van der Waals surface area contributed by atoms with Gasteiger partial charge in [-0.05, 0) is 49.6 Å². The van der Waals surface area contributed by atoms with E-state index >= 15 is 0 Å². The second kappa shape index (κ2) is 7.85. The first-order valence-corrected chi connectivity index (χ1v) is 9.67. The van der Waals surface area contributed by atoms with E-state index in [2.05, 4.69) is 15.3 Å². The van der Waals surface area contributed by atoms with Crippen molar-refractivity contribution >= 4 is 17.7 Å². The molecule has 0 bridgehead atoms.